The highest BCUT2D eigenvalue weighted by atomic mass is 35.5. The van der Waals surface area contributed by atoms with Crippen LogP contribution in [-0.4, -0.2) is 131 Å². The first-order valence-electron chi connectivity index (χ1n) is 17.5. The lowest BCUT2D eigenvalue weighted by molar-refractivity contribution is -0.179. The first-order chi connectivity index (χ1) is 27.1. The molecule has 2 aromatic carbocycles. The number of aliphatic hydroxyl groups is 1. The van der Waals surface area contributed by atoms with Crippen molar-refractivity contribution in [1.82, 2.24) is 10.6 Å². The Kier molecular flexibility index (Phi) is 17.7. The van der Waals surface area contributed by atoms with Gasteiger partial charge in [-0.05, 0) is 48.9 Å². The molecule has 2 saturated carbocycles. The number of aliphatic hydroxyl groups excluding tert-OH is 1. The summed E-state index contributed by atoms with van der Waals surface area (Å²) in [6.45, 7) is -0.330. The van der Waals surface area contributed by atoms with Crippen molar-refractivity contribution in [3.8, 4) is 23.7 Å². The molecule has 274 valence electrons. The van der Waals surface area contributed by atoms with Crippen LogP contribution in [0.1, 0.15) is 47.9 Å². The number of fused-ring (bicyclic) bond motifs is 2. The van der Waals surface area contributed by atoms with Crippen LogP contribution in [0, 0.1) is 35.5 Å². The van der Waals surface area contributed by atoms with Gasteiger partial charge in [0.15, 0.2) is 0 Å². The van der Waals surface area contributed by atoms with Crippen molar-refractivity contribution in [2.45, 2.75) is 61.6 Å². The van der Waals surface area contributed by atoms with Crippen LogP contribution in [0.4, 0.5) is 47.3 Å². The van der Waals surface area contributed by atoms with Crippen LogP contribution >= 0.6 is 11.6 Å². The first kappa shape index (κ1) is 49.2. The van der Waals surface area contributed by atoms with E-state index in [1.165, 1.54) is 43.5 Å². The zero-order valence-corrected chi connectivity index (χ0v) is 31.6. The number of halogens is 7. The molecule has 2 heterocycles. The van der Waals surface area contributed by atoms with Crippen LogP contribution in [0.5, 0.6) is 0 Å². The quantitative estimate of drug-likeness (QED) is 0.130. The van der Waals surface area contributed by atoms with E-state index in [0.717, 1.165) is 32.7 Å². The number of rotatable bonds is 6. The summed E-state index contributed by atoms with van der Waals surface area (Å²) < 4.78 is 82.3. The Bertz CT molecular complexity index is 1770. The number of amides is 4. The van der Waals surface area contributed by atoms with E-state index in [1.54, 1.807) is 0 Å². The van der Waals surface area contributed by atoms with Crippen LogP contribution in [-0.2, 0) is 23.6 Å². The van der Waals surface area contributed by atoms with Crippen LogP contribution in [0.2, 0.25) is 0 Å². The van der Waals surface area contributed by atoms with Crippen LogP contribution in [0.3, 0.4) is 0 Å². The second-order valence-electron chi connectivity index (χ2n) is 13.5. The predicted octanol–water partition coefficient (Wildman–Crippen LogP) is 0.885. The molecular formula is C30H25B14ClF6N4O3. The number of hydrogen-bond acceptors (Lipinski definition) is 3. The monoisotopic (exact) mass is 792 g/mol. The fraction of sp³-hybridized carbons (Fsp3) is 0.400. The maximum Gasteiger partial charge on any atom is 0.427 e. The van der Waals surface area contributed by atoms with Gasteiger partial charge in [-0.3, -0.25) is 0 Å². The smallest absolute Gasteiger partial charge is 0.392 e. The second kappa shape index (κ2) is 20.9. The fourth-order valence-corrected chi connectivity index (χ4v) is 5.73. The molecule has 0 saturated heterocycles. The van der Waals surface area contributed by atoms with E-state index < -0.39 is 54.6 Å². The molecule has 2 fully saturated rings. The van der Waals surface area contributed by atoms with Crippen molar-refractivity contribution in [2.75, 3.05) is 10.6 Å². The Hall–Kier alpha value is -3.16. The molecule has 5 N–H and O–H groups in total. The van der Waals surface area contributed by atoms with Crippen molar-refractivity contribution >= 4 is 137 Å². The van der Waals surface area contributed by atoms with E-state index in [4.69, 9.17) is 63.1 Å². The van der Waals surface area contributed by atoms with Gasteiger partial charge >= 0.3 is 24.4 Å². The number of carbonyl (C=O) groups is 2. The molecule has 18 radical (unpaired) electrons. The van der Waals surface area contributed by atoms with Gasteiger partial charge in [-0.15, -0.1) is 11.6 Å². The van der Waals surface area contributed by atoms with Gasteiger partial charge in [0.1, 0.15) is 0 Å². The molecule has 2 aromatic rings. The van der Waals surface area contributed by atoms with E-state index in [9.17, 15) is 35.9 Å². The minimum Gasteiger partial charge on any atom is -0.392 e. The zero-order valence-electron chi connectivity index (χ0n) is 30.9. The van der Waals surface area contributed by atoms with Crippen molar-refractivity contribution in [3.05, 3.63) is 58.7 Å². The molecule has 0 aromatic heterocycles. The third kappa shape index (κ3) is 12.4. The number of nitrogens with one attached hydrogen (secondary N) is 4. The van der Waals surface area contributed by atoms with Crippen molar-refractivity contribution in [2.24, 2.45) is 11.8 Å². The standard InChI is InChI=1S/C15H12ClF3N2O.C15H13F3N2O2.B11.B3/c16-8-10-3-4-11-12(7-10)20-13(22)21-14(11,15(17,18)19)6-5-9-1-2-9;16-15(17,18)14(6-5-9-1-2-9)11-4-3-10(8-21)7-12(11)19-13(22)20-14;1-7-10(6)11(8(2)3)9(4)5;1-3-2/h3-4,7,9H,1-2,8H2,(H2,20,21,22);3-4,7,9,21H,1-2,8H2,(H2,19,20,22);;. The van der Waals surface area contributed by atoms with Gasteiger partial charge in [0.25, 0.3) is 0 Å². The molecule has 0 bridgehead atoms. The Balaban J connectivity index is 0.000000237. The molecule has 0 spiro atoms. The Morgan fingerprint density at radius 3 is 1.41 bits per heavy atom. The average Bonchev–Trinajstić information content (AvgIpc) is 4.08. The minimum atomic E-state index is -4.76. The van der Waals surface area contributed by atoms with E-state index in [0.29, 0.717) is 11.1 Å². The first-order valence-corrected chi connectivity index (χ1v) is 18.1. The molecule has 2 unspecified atom stereocenters. The SMILES string of the molecule is O=C1Nc2cc(CCl)ccc2C(C#CC2CC2)(C(F)(F)F)N1.O=C1Nc2cc(CO)ccc2C(C#CC2CC2)(C(F)(F)F)N1.[B][B]B([B])B(B([B])[B])B([B])[B].[B][B][B]. The highest BCUT2D eigenvalue weighted by molar-refractivity contribution is 8.02. The van der Waals surface area contributed by atoms with E-state index in [1.807, 2.05) is 10.6 Å². The second-order valence-corrected chi connectivity index (χ2v) is 13.8. The van der Waals surface area contributed by atoms with Crippen LogP contribution < -0.4 is 21.3 Å². The molecular weight excluding hydrogens is 765 g/mol. The molecule has 2 atom stereocenters. The Labute approximate surface area is 353 Å². The lowest BCUT2D eigenvalue weighted by Gasteiger charge is -2.37. The summed E-state index contributed by atoms with van der Waals surface area (Å²) in [4.78, 5) is 23.4. The molecule has 7 nitrogen and oxygen atoms in total. The number of anilines is 2. The number of hydrogen-bond donors (Lipinski definition) is 5. The summed E-state index contributed by atoms with van der Waals surface area (Å²) in [6, 6.07) is 6.32. The summed E-state index contributed by atoms with van der Waals surface area (Å²) >= 11 is 5.70. The summed E-state index contributed by atoms with van der Waals surface area (Å²) in [5.74, 6) is 9.85. The lowest BCUT2D eigenvalue weighted by Crippen LogP contribution is -2.63. The predicted molar refractivity (Wildman–Crippen MR) is 230 cm³/mol. The molecule has 2 aliphatic carbocycles. The van der Waals surface area contributed by atoms with Gasteiger partial charge in [-0.1, -0.05) is 47.9 Å². The van der Waals surface area contributed by atoms with Crippen LogP contribution in [0.25, 0.3) is 0 Å². The molecule has 4 amide bonds. The lowest BCUT2D eigenvalue weighted by atomic mass is 8.56. The Morgan fingerprint density at radius 1 is 0.741 bits per heavy atom. The number of benzene rings is 2. The fourth-order valence-electron chi connectivity index (χ4n) is 5.57. The van der Waals surface area contributed by atoms with Crippen molar-refractivity contribution in [1.29, 1.82) is 0 Å². The van der Waals surface area contributed by atoms with Gasteiger partial charge in [0.2, 0.25) is 11.1 Å². The average molecular weight is 790 g/mol. The number of alkyl halides is 7. The maximum absolute atomic E-state index is 13.7. The van der Waals surface area contributed by atoms with Gasteiger partial charge in [0.05, 0.1) is 6.61 Å². The van der Waals surface area contributed by atoms with Crippen LogP contribution in [0.15, 0.2) is 36.4 Å². The van der Waals surface area contributed by atoms with Gasteiger partial charge < -0.3 is 26.4 Å². The zero-order chi connectivity index (χ0) is 43.6. The third-order valence-electron chi connectivity index (χ3n) is 8.90. The van der Waals surface area contributed by atoms with Crippen molar-refractivity contribution in [3.63, 3.8) is 0 Å². The van der Waals surface area contributed by atoms with E-state index in [2.05, 4.69) is 49.8 Å². The minimum absolute atomic E-state index is 0.0118. The normalized spacial score (nSPS) is 19.8. The van der Waals surface area contributed by atoms with Gasteiger partial charge in [0, 0.05) is 142 Å². The van der Waals surface area contributed by atoms with Gasteiger partial charge in [-0.25, -0.2) is 9.59 Å². The topological polar surface area (TPSA) is 102 Å². The molecule has 6 rings (SSSR count). The maximum atomic E-state index is 13.7. The highest BCUT2D eigenvalue weighted by Crippen LogP contribution is 2.46. The van der Waals surface area contributed by atoms with Gasteiger partial charge in [-0.2, -0.15) is 26.3 Å². The summed E-state index contributed by atoms with van der Waals surface area (Å²) in [7, 11) is 43.5. The Morgan fingerprint density at radius 2 is 1.12 bits per heavy atom. The summed E-state index contributed by atoms with van der Waals surface area (Å²) in [5, 5.41) is 17.7. The molecule has 28 heteroatoms. The van der Waals surface area contributed by atoms with Crippen molar-refractivity contribution < 1.29 is 41.0 Å². The number of carbonyl (C=O) groups excluding carboxylic acids is 2. The highest BCUT2D eigenvalue weighted by Gasteiger charge is 2.60. The third-order valence-corrected chi connectivity index (χ3v) is 9.21. The summed E-state index contributed by atoms with van der Waals surface area (Å²) in [5.41, 5.74) is -4.55. The largest absolute Gasteiger partial charge is 0.427 e. The summed E-state index contributed by atoms with van der Waals surface area (Å²) in [6.07, 6.45) is -8.49. The number of urea groups is 2. The van der Waals surface area contributed by atoms with E-state index >= 15 is 0 Å². The van der Waals surface area contributed by atoms with E-state index in [-0.39, 0.29) is 53.2 Å². The molecule has 4 aliphatic rings. The molecule has 2 aliphatic heterocycles. The molecule has 58 heavy (non-hydrogen) atoms.